The van der Waals surface area contributed by atoms with Gasteiger partial charge in [0.15, 0.2) is 5.69 Å². The van der Waals surface area contributed by atoms with E-state index in [4.69, 9.17) is 4.74 Å². The average Bonchev–Trinajstić information content (AvgIpc) is 2.86. The molecule has 0 saturated carbocycles. The number of rotatable bonds is 3. The summed E-state index contributed by atoms with van der Waals surface area (Å²) in [5.41, 5.74) is 2.77. The van der Waals surface area contributed by atoms with Crippen molar-refractivity contribution < 1.29 is 13.9 Å². The molecule has 116 valence electrons. The normalized spacial score (nSPS) is 14.7. The maximum Gasteiger partial charge on any atom is 0.359 e. The van der Waals surface area contributed by atoms with Crippen molar-refractivity contribution in [3.05, 3.63) is 47.0 Å². The van der Waals surface area contributed by atoms with Crippen molar-refractivity contribution in [1.82, 2.24) is 14.7 Å². The highest BCUT2D eigenvalue weighted by atomic mass is 19.1. The molecule has 0 unspecified atom stereocenters. The minimum absolute atomic E-state index is 0.302. The Morgan fingerprint density at radius 3 is 3.00 bits per heavy atom. The SMILES string of the molecule is CCOC(=O)c1nn(-c2cccc(F)c2)c2c1CN(C)CC2. The Bertz CT molecular complexity index is 711. The van der Waals surface area contributed by atoms with Gasteiger partial charge in [-0.2, -0.15) is 5.10 Å². The smallest absolute Gasteiger partial charge is 0.359 e. The monoisotopic (exact) mass is 303 g/mol. The van der Waals surface area contributed by atoms with Crippen LogP contribution in [0.2, 0.25) is 0 Å². The van der Waals surface area contributed by atoms with E-state index in [0.29, 0.717) is 24.5 Å². The second kappa shape index (κ2) is 5.88. The molecule has 0 amide bonds. The van der Waals surface area contributed by atoms with Crippen molar-refractivity contribution >= 4 is 5.97 Å². The fourth-order valence-electron chi connectivity index (χ4n) is 2.74. The van der Waals surface area contributed by atoms with Crippen LogP contribution >= 0.6 is 0 Å². The quantitative estimate of drug-likeness (QED) is 0.815. The molecule has 1 aliphatic heterocycles. The van der Waals surface area contributed by atoms with Gasteiger partial charge in [0, 0.05) is 25.1 Å². The molecule has 5 nitrogen and oxygen atoms in total. The first kappa shape index (κ1) is 14.7. The third-order valence-electron chi connectivity index (χ3n) is 3.77. The molecule has 1 aromatic heterocycles. The maximum atomic E-state index is 13.5. The first-order chi connectivity index (χ1) is 10.6. The largest absolute Gasteiger partial charge is 0.461 e. The van der Waals surface area contributed by atoms with Gasteiger partial charge in [0.25, 0.3) is 0 Å². The molecule has 0 saturated heterocycles. The Hall–Kier alpha value is -2.21. The van der Waals surface area contributed by atoms with Crippen LogP contribution in [0.5, 0.6) is 0 Å². The van der Waals surface area contributed by atoms with Crippen molar-refractivity contribution in [2.75, 3.05) is 20.2 Å². The number of hydrogen-bond acceptors (Lipinski definition) is 4. The fourth-order valence-corrected chi connectivity index (χ4v) is 2.74. The van der Waals surface area contributed by atoms with Gasteiger partial charge in [-0.25, -0.2) is 13.9 Å². The third kappa shape index (κ3) is 2.62. The summed E-state index contributed by atoms with van der Waals surface area (Å²) in [7, 11) is 2.00. The van der Waals surface area contributed by atoms with Crippen LogP contribution in [0, 0.1) is 5.82 Å². The zero-order valence-electron chi connectivity index (χ0n) is 12.7. The van der Waals surface area contributed by atoms with Crippen LogP contribution < -0.4 is 0 Å². The minimum Gasteiger partial charge on any atom is -0.461 e. The fraction of sp³-hybridized carbons (Fsp3) is 0.375. The number of ether oxygens (including phenoxy) is 1. The Labute approximate surface area is 128 Å². The number of hydrogen-bond donors (Lipinski definition) is 0. The van der Waals surface area contributed by atoms with Crippen molar-refractivity contribution in [2.24, 2.45) is 0 Å². The van der Waals surface area contributed by atoms with Crippen LogP contribution in [0.1, 0.15) is 28.7 Å². The zero-order valence-corrected chi connectivity index (χ0v) is 12.7. The average molecular weight is 303 g/mol. The predicted octanol–water partition coefficient (Wildman–Crippen LogP) is 2.18. The zero-order chi connectivity index (χ0) is 15.7. The van der Waals surface area contributed by atoms with Crippen LogP contribution in [-0.2, 0) is 17.7 Å². The summed E-state index contributed by atoms with van der Waals surface area (Å²) in [4.78, 5) is 14.3. The van der Waals surface area contributed by atoms with Gasteiger partial charge < -0.3 is 9.64 Å². The summed E-state index contributed by atoms with van der Waals surface area (Å²) >= 11 is 0. The number of esters is 1. The maximum absolute atomic E-state index is 13.5. The van der Waals surface area contributed by atoms with Crippen molar-refractivity contribution in [3.8, 4) is 5.69 Å². The van der Waals surface area contributed by atoms with Crippen LogP contribution in [0.4, 0.5) is 4.39 Å². The van der Waals surface area contributed by atoms with Gasteiger partial charge in [-0.15, -0.1) is 0 Å². The molecule has 6 heteroatoms. The number of aromatic nitrogens is 2. The minimum atomic E-state index is -0.427. The molecule has 3 rings (SSSR count). The van der Waals surface area contributed by atoms with E-state index in [9.17, 15) is 9.18 Å². The van der Waals surface area contributed by atoms with Gasteiger partial charge in [-0.3, -0.25) is 0 Å². The number of nitrogens with zero attached hydrogens (tertiary/aromatic N) is 3. The summed E-state index contributed by atoms with van der Waals surface area (Å²) in [5, 5.41) is 4.40. The molecule has 0 N–H and O–H groups in total. The Morgan fingerprint density at radius 1 is 1.45 bits per heavy atom. The second-order valence-electron chi connectivity index (χ2n) is 5.37. The Kier molecular flexibility index (Phi) is 3.94. The van der Waals surface area contributed by atoms with Crippen LogP contribution in [0.3, 0.4) is 0 Å². The first-order valence-corrected chi connectivity index (χ1v) is 7.32. The summed E-state index contributed by atoms with van der Waals surface area (Å²) in [6.45, 7) is 3.57. The first-order valence-electron chi connectivity index (χ1n) is 7.32. The number of likely N-dealkylation sites (N-methyl/N-ethyl adjacent to an activating group) is 1. The molecule has 0 aliphatic carbocycles. The molecule has 2 heterocycles. The molecule has 0 atom stereocenters. The van der Waals surface area contributed by atoms with Gasteiger partial charge in [0.1, 0.15) is 5.82 Å². The second-order valence-corrected chi connectivity index (χ2v) is 5.37. The van der Waals surface area contributed by atoms with Gasteiger partial charge in [-0.1, -0.05) is 6.07 Å². The highest BCUT2D eigenvalue weighted by molar-refractivity contribution is 5.89. The number of carbonyl (C=O) groups excluding carboxylic acids is 1. The van der Waals surface area contributed by atoms with E-state index in [-0.39, 0.29) is 5.82 Å². The van der Waals surface area contributed by atoms with E-state index < -0.39 is 5.97 Å². The molecule has 0 spiro atoms. The van der Waals surface area contributed by atoms with Gasteiger partial charge >= 0.3 is 5.97 Å². The lowest BCUT2D eigenvalue weighted by Gasteiger charge is -2.23. The highest BCUT2D eigenvalue weighted by Gasteiger charge is 2.28. The van der Waals surface area contributed by atoms with Gasteiger partial charge in [0.2, 0.25) is 0 Å². The lowest BCUT2D eigenvalue weighted by atomic mass is 10.1. The van der Waals surface area contributed by atoms with Gasteiger partial charge in [0.05, 0.1) is 18.0 Å². The Morgan fingerprint density at radius 2 is 2.27 bits per heavy atom. The number of halogens is 1. The van der Waals surface area contributed by atoms with Crippen molar-refractivity contribution in [3.63, 3.8) is 0 Å². The summed E-state index contributed by atoms with van der Waals surface area (Å²) < 4.78 is 20.3. The van der Waals surface area contributed by atoms with E-state index in [1.165, 1.54) is 12.1 Å². The molecule has 1 aromatic carbocycles. The van der Waals surface area contributed by atoms with Crippen LogP contribution in [0.25, 0.3) is 5.69 Å². The van der Waals surface area contributed by atoms with E-state index in [0.717, 1.165) is 24.2 Å². The third-order valence-corrected chi connectivity index (χ3v) is 3.77. The van der Waals surface area contributed by atoms with Crippen molar-refractivity contribution in [2.45, 2.75) is 19.9 Å². The van der Waals surface area contributed by atoms with E-state index in [1.807, 2.05) is 7.05 Å². The molecule has 22 heavy (non-hydrogen) atoms. The highest BCUT2D eigenvalue weighted by Crippen LogP contribution is 2.25. The molecule has 0 bridgehead atoms. The number of carbonyl (C=O) groups is 1. The van der Waals surface area contributed by atoms with E-state index in [1.54, 1.807) is 23.7 Å². The van der Waals surface area contributed by atoms with Crippen LogP contribution in [-0.4, -0.2) is 40.8 Å². The molecule has 0 radical (unpaired) electrons. The standard InChI is InChI=1S/C16H18FN3O2/c1-3-22-16(21)15-13-10-19(2)8-7-14(13)20(18-15)12-6-4-5-11(17)9-12/h4-6,9H,3,7-8,10H2,1-2H3. The molecular formula is C16H18FN3O2. The predicted molar refractivity (Wildman–Crippen MR) is 79.5 cm³/mol. The molecule has 0 fully saturated rings. The molecule has 2 aromatic rings. The van der Waals surface area contributed by atoms with E-state index >= 15 is 0 Å². The number of benzene rings is 1. The van der Waals surface area contributed by atoms with Crippen LogP contribution in [0.15, 0.2) is 24.3 Å². The number of fused-ring (bicyclic) bond motifs is 1. The summed E-state index contributed by atoms with van der Waals surface area (Å²) in [6.07, 6.45) is 0.759. The summed E-state index contributed by atoms with van der Waals surface area (Å²) in [6, 6.07) is 6.22. The Balaban J connectivity index is 2.11. The summed E-state index contributed by atoms with van der Waals surface area (Å²) in [5.74, 6) is -0.753. The van der Waals surface area contributed by atoms with Crippen molar-refractivity contribution in [1.29, 1.82) is 0 Å². The van der Waals surface area contributed by atoms with E-state index in [2.05, 4.69) is 10.00 Å². The lowest BCUT2D eigenvalue weighted by molar-refractivity contribution is 0.0516. The molecule has 1 aliphatic rings. The lowest BCUT2D eigenvalue weighted by Crippen LogP contribution is -2.28. The molecular weight excluding hydrogens is 285 g/mol. The topological polar surface area (TPSA) is 47.4 Å². The van der Waals surface area contributed by atoms with Gasteiger partial charge in [-0.05, 0) is 32.2 Å².